The first-order valence-electron chi connectivity index (χ1n) is 7.17. The first-order chi connectivity index (χ1) is 10.2. The Bertz CT molecular complexity index is 806. The number of hydrogen-bond donors (Lipinski definition) is 0. The Labute approximate surface area is 127 Å². The molecule has 4 nitrogen and oxygen atoms in total. The van der Waals surface area contributed by atoms with Crippen LogP contribution in [0.25, 0.3) is 21.6 Å². The smallest absolute Gasteiger partial charge is 0.164 e. The molecule has 0 unspecified atom stereocenters. The van der Waals surface area contributed by atoms with Gasteiger partial charge in [0.15, 0.2) is 5.82 Å². The molecule has 0 N–H and O–H groups in total. The van der Waals surface area contributed by atoms with Gasteiger partial charge in [-0.05, 0) is 38.0 Å². The van der Waals surface area contributed by atoms with Crippen LogP contribution in [0.5, 0.6) is 0 Å². The van der Waals surface area contributed by atoms with Gasteiger partial charge in [-0.15, -0.1) is 11.3 Å². The van der Waals surface area contributed by atoms with Gasteiger partial charge in [0.2, 0.25) is 0 Å². The fraction of sp³-hybridized carbons (Fsp3) is 0.312. The van der Waals surface area contributed by atoms with Gasteiger partial charge in [0, 0.05) is 35.9 Å². The summed E-state index contributed by atoms with van der Waals surface area (Å²) in [4.78, 5) is 18.6. The maximum atomic E-state index is 4.85. The molecule has 1 saturated heterocycles. The third kappa shape index (κ3) is 2.00. The lowest BCUT2D eigenvalue weighted by molar-refractivity contribution is 0.612. The highest BCUT2D eigenvalue weighted by Gasteiger charge is 2.23. The van der Waals surface area contributed by atoms with Gasteiger partial charge < -0.3 is 4.90 Å². The second-order valence-corrected chi connectivity index (χ2v) is 6.62. The summed E-state index contributed by atoms with van der Waals surface area (Å²) < 4.78 is 0. The first kappa shape index (κ1) is 12.7. The Balaban J connectivity index is 1.98. The zero-order chi connectivity index (χ0) is 14.4. The lowest BCUT2D eigenvalue weighted by Gasteiger charge is -2.32. The van der Waals surface area contributed by atoms with Crippen LogP contribution in [0.1, 0.15) is 16.9 Å². The molecule has 0 spiro atoms. The topological polar surface area (TPSA) is 41.9 Å². The summed E-state index contributed by atoms with van der Waals surface area (Å²) in [7, 11) is 0. The van der Waals surface area contributed by atoms with Crippen molar-refractivity contribution >= 4 is 27.4 Å². The van der Waals surface area contributed by atoms with Crippen molar-refractivity contribution in [1.82, 2.24) is 15.0 Å². The summed E-state index contributed by atoms with van der Waals surface area (Å²) >= 11 is 1.76. The predicted octanol–water partition coefficient (Wildman–Crippen LogP) is 3.58. The van der Waals surface area contributed by atoms with E-state index in [1.807, 2.05) is 18.3 Å². The second kappa shape index (κ2) is 4.77. The Morgan fingerprint density at radius 2 is 2.05 bits per heavy atom. The van der Waals surface area contributed by atoms with E-state index in [1.165, 1.54) is 22.2 Å². The Morgan fingerprint density at radius 3 is 2.71 bits per heavy atom. The van der Waals surface area contributed by atoms with Crippen molar-refractivity contribution in [2.75, 3.05) is 18.0 Å². The first-order valence-corrected chi connectivity index (χ1v) is 7.99. The summed E-state index contributed by atoms with van der Waals surface area (Å²) in [5.41, 5.74) is 2.29. The molecule has 0 amide bonds. The third-order valence-electron chi connectivity index (χ3n) is 4.08. The molecule has 0 radical (unpaired) electrons. The summed E-state index contributed by atoms with van der Waals surface area (Å²) in [5.74, 6) is 1.87. The van der Waals surface area contributed by atoms with E-state index in [4.69, 9.17) is 9.97 Å². The number of aryl methyl sites for hydroxylation is 2. The van der Waals surface area contributed by atoms with Gasteiger partial charge in [0.1, 0.15) is 10.6 Å². The predicted molar refractivity (Wildman–Crippen MR) is 87.0 cm³/mol. The fourth-order valence-corrected chi connectivity index (χ4v) is 3.63. The van der Waals surface area contributed by atoms with Crippen molar-refractivity contribution in [2.24, 2.45) is 0 Å². The van der Waals surface area contributed by atoms with E-state index >= 15 is 0 Å². The summed E-state index contributed by atoms with van der Waals surface area (Å²) in [6, 6.07) is 3.94. The minimum Gasteiger partial charge on any atom is -0.356 e. The summed E-state index contributed by atoms with van der Waals surface area (Å²) in [6.07, 6.45) is 4.85. The van der Waals surface area contributed by atoms with Gasteiger partial charge in [-0.1, -0.05) is 0 Å². The average molecular weight is 296 g/mol. The number of rotatable bonds is 2. The monoisotopic (exact) mass is 296 g/mol. The second-order valence-electron chi connectivity index (χ2n) is 5.42. The normalized spacial score (nSPS) is 14.5. The van der Waals surface area contributed by atoms with E-state index in [-0.39, 0.29) is 0 Å². The molecule has 4 rings (SSSR count). The van der Waals surface area contributed by atoms with Crippen LogP contribution in [-0.2, 0) is 0 Å². The lowest BCUT2D eigenvalue weighted by Crippen LogP contribution is -2.37. The summed E-state index contributed by atoms with van der Waals surface area (Å²) in [5, 5.41) is 1.23. The van der Waals surface area contributed by atoms with Gasteiger partial charge in [-0.25, -0.2) is 9.97 Å². The van der Waals surface area contributed by atoms with E-state index in [9.17, 15) is 0 Å². The minimum atomic E-state index is 0.777. The van der Waals surface area contributed by atoms with Crippen molar-refractivity contribution in [3.05, 3.63) is 35.0 Å². The van der Waals surface area contributed by atoms with Gasteiger partial charge >= 0.3 is 0 Å². The van der Waals surface area contributed by atoms with Crippen LogP contribution in [0.15, 0.2) is 24.5 Å². The molecule has 106 valence electrons. The van der Waals surface area contributed by atoms with Crippen molar-refractivity contribution in [3.63, 3.8) is 0 Å². The van der Waals surface area contributed by atoms with Crippen molar-refractivity contribution in [2.45, 2.75) is 20.3 Å². The summed E-state index contributed by atoms with van der Waals surface area (Å²) in [6.45, 7) is 6.51. The minimum absolute atomic E-state index is 0.777. The van der Waals surface area contributed by atoms with Crippen LogP contribution in [0, 0.1) is 13.8 Å². The van der Waals surface area contributed by atoms with Gasteiger partial charge in [0.05, 0.1) is 5.39 Å². The van der Waals surface area contributed by atoms with Gasteiger partial charge in [-0.3, -0.25) is 4.98 Å². The Morgan fingerprint density at radius 1 is 1.19 bits per heavy atom. The van der Waals surface area contributed by atoms with E-state index in [1.54, 1.807) is 17.5 Å². The SMILES string of the molecule is Cc1sc2nc(-c3cccnc3)nc(N3CCC3)c2c1C. The van der Waals surface area contributed by atoms with Crippen LogP contribution in [0.3, 0.4) is 0 Å². The number of aromatic nitrogens is 3. The van der Waals surface area contributed by atoms with Crippen LogP contribution in [-0.4, -0.2) is 28.0 Å². The fourth-order valence-electron chi connectivity index (χ4n) is 2.61. The highest BCUT2D eigenvalue weighted by molar-refractivity contribution is 7.18. The molecule has 0 atom stereocenters. The van der Waals surface area contributed by atoms with Crippen LogP contribution in [0.4, 0.5) is 5.82 Å². The largest absolute Gasteiger partial charge is 0.356 e. The van der Waals surface area contributed by atoms with E-state index in [2.05, 4.69) is 23.7 Å². The Kier molecular flexibility index (Phi) is 2.89. The van der Waals surface area contributed by atoms with Gasteiger partial charge in [-0.2, -0.15) is 0 Å². The van der Waals surface area contributed by atoms with Crippen molar-refractivity contribution in [1.29, 1.82) is 0 Å². The highest BCUT2D eigenvalue weighted by atomic mass is 32.1. The quantitative estimate of drug-likeness (QED) is 0.725. The molecule has 4 heterocycles. The molecule has 3 aromatic heterocycles. The van der Waals surface area contributed by atoms with E-state index < -0.39 is 0 Å². The molecule has 5 heteroatoms. The molecule has 0 saturated carbocycles. The molecular weight excluding hydrogens is 280 g/mol. The maximum absolute atomic E-state index is 4.85. The van der Waals surface area contributed by atoms with Crippen LogP contribution >= 0.6 is 11.3 Å². The number of hydrogen-bond acceptors (Lipinski definition) is 5. The molecule has 3 aromatic rings. The average Bonchev–Trinajstić information content (AvgIpc) is 2.73. The standard InChI is InChI=1S/C16H16N4S/c1-10-11(2)21-16-13(10)15(20-7-4-8-20)18-14(19-16)12-5-3-6-17-9-12/h3,5-6,9H,4,7-8H2,1-2H3. The van der Waals surface area contributed by atoms with Crippen LogP contribution < -0.4 is 4.90 Å². The molecule has 1 fully saturated rings. The molecule has 0 aliphatic carbocycles. The molecular formula is C16H16N4S. The van der Waals surface area contributed by atoms with Crippen molar-refractivity contribution < 1.29 is 0 Å². The third-order valence-corrected chi connectivity index (χ3v) is 5.19. The molecule has 0 bridgehead atoms. The molecule has 1 aliphatic rings. The number of thiophene rings is 1. The van der Waals surface area contributed by atoms with Crippen LogP contribution in [0.2, 0.25) is 0 Å². The number of anilines is 1. The molecule has 0 aromatic carbocycles. The highest BCUT2D eigenvalue weighted by Crippen LogP contribution is 2.37. The van der Waals surface area contributed by atoms with E-state index in [0.717, 1.165) is 35.1 Å². The van der Waals surface area contributed by atoms with Gasteiger partial charge in [0.25, 0.3) is 0 Å². The molecule has 1 aliphatic heterocycles. The lowest BCUT2D eigenvalue weighted by atomic mass is 10.1. The zero-order valence-electron chi connectivity index (χ0n) is 12.1. The van der Waals surface area contributed by atoms with Crippen molar-refractivity contribution in [3.8, 4) is 11.4 Å². The Hall–Kier alpha value is -2.01. The zero-order valence-corrected chi connectivity index (χ0v) is 12.9. The molecule has 21 heavy (non-hydrogen) atoms. The number of pyridine rings is 1. The number of fused-ring (bicyclic) bond motifs is 1. The van der Waals surface area contributed by atoms with E-state index in [0.29, 0.717) is 0 Å². The number of nitrogens with zero attached hydrogens (tertiary/aromatic N) is 4. The maximum Gasteiger partial charge on any atom is 0.164 e.